The molecule has 4 nitrogen and oxygen atoms in total. The summed E-state index contributed by atoms with van der Waals surface area (Å²) in [7, 11) is 1.72. The van der Waals surface area contributed by atoms with Gasteiger partial charge in [0.1, 0.15) is 11.4 Å². The predicted molar refractivity (Wildman–Crippen MR) is 76.4 cm³/mol. The lowest BCUT2D eigenvalue weighted by molar-refractivity contribution is 0.403. The van der Waals surface area contributed by atoms with Crippen LogP contribution in [0.1, 0.15) is 37.8 Å². The van der Waals surface area contributed by atoms with Gasteiger partial charge in [-0.3, -0.25) is 0 Å². The van der Waals surface area contributed by atoms with Crippen LogP contribution in [0.3, 0.4) is 0 Å². The van der Waals surface area contributed by atoms with Crippen molar-refractivity contribution in [2.75, 3.05) is 12.8 Å². The Labute approximate surface area is 113 Å². The summed E-state index contributed by atoms with van der Waals surface area (Å²) in [5, 5.41) is 3.98. The number of hydrogen-bond acceptors (Lipinski definition) is 4. The van der Waals surface area contributed by atoms with Gasteiger partial charge in [-0.1, -0.05) is 25.9 Å². The van der Waals surface area contributed by atoms with Crippen LogP contribution in [-0.4, -0.2) is 12.3 Å². The number of nitrogens with two attached hydrogens (primary N) is 1. The van der Waals surface area contributed by atoms with Crippen LogP contribution in [0.25, 0.3) is 11.3 Å². The van der Waals surface area contributed by atoms with E-state index in [1.165, 1.54) is 11.1 Å². The van der Waals surface area contributed by atoms with E-state index in [4.69, 9.17) is 15.0 Å². The number of anilines is 1. The van der Waals surface area contributed by atoms with Crippen LogP contribution in [-0.2, 0) is 6.42 Å². The van der Waals surface area contributed by atoms with Crippen LogP contribution < -0.4 is 10.5 Å². The maximum atomic E-state index is 5.59. The van der Waals surface area contributed by atoms with Gasteiger partial charge in [0.05, 0.1) is 7.11 Å². The van der Waals surface area contributed by atoms with E-state index in [0.717, 1.165) is 23.4 Å². The number of ether oxygens (including phenoxy) is 1. The third kappa shape index (κ3) is 2.57. The van der Waals surface area contributed by atoms with E-state index >= 15 is 0 Å². The van der Waals surface area contributed by atoms with E-state index in [9.17, 15) is 0 Å². The van der Waals surface area contributed by atoms with Crippen molar-refractivity contribution in [3.8, 4) is 17.0 Å². The van der Waals surface area contributed by atoms with E-state index in [-0.39, 0.29) is 0 Å². The lowest BCUT2D eigenvalue weighted by atomic mass is 9.94. The lowest BCUT2D eigenvalue weighted by Gasteiger charge is -2.17. The van der Waals surface area contributed by atoms with Crippen LogP contribution in [0.5, 0.6) is 5.75 Å². The summed E-state index contributed by atoms with van der Waals surface area (Å²) < 4.78 is 10.5. The molecular weight excluding hydrogens is 240 g/mol. The van der Waals surface area contributed by atoms with E-state index in [0.29, 0.717) is 11.8 Å². The van der Waals surface area contributed by atoms with Crippen molar-refractivity contribution in [1.82, 2.24) is 5.16 Å². The second kappa shape index (κ2) is 5.34. The summed E-state index contributed by atoms with van der Waals surface area (Å²) in [6.45, 7) is 6.42. The molecule has 0 spiro atoms. The minimum absolute atomic E-state index is 0.329. The molecule has 2 aromatic rings. The van der Waals surface area contributed by atoms with Gasteiger partial charge in [-0.2, -0.15) is 0 Å². The second-order valence-electron chi connectivity index (χ2n) is 4.88. The second-order valence-corrected chi connectivity index (χ2v) is 4.88. The number of hydrogen-bond donors (Lipinski definition) is 1. The molecule has 0 aliphatic rings. The summed E-state index contributed by atoms with van der Waals surface area (Å²) in [6, 6.07) is 5.92. The molecular formula is C15H20N2O2. The number of nitrogen functional groups attached to an aromatic ring is 1. The number of aryl methyl sites for hydroxylation is 1. The average molecular weight is 260 g/mol. The predicted octanol–water partition coefficient (Wildman–Crippen LogP) is 3.62. The quantitative estimate of drug-likeness (QED) is 0.912. The van der Waals surface area contributed by atoms with E-state index in [1.807, 2.05) is 0 Å². The zero-order valence-electron chi connectivity index (χ0n) is 11.9. The van der Waals surface area contributed by atoms with Gasteiger partial charge in [0, 0.05) is 11.6 Å². The van der Waals surface area contributed by atoms with Crippen LogP contribution >= 0.6 is 0 Å². The molecule has 0 unspecified atom stereocenters. The van der Waals surface area contributed by atoms with Gasteiger partial charge in [0.15, 0.2) is 0 Å². The van der Waals surface area contributed by atoms with Gasteiger partial charge in [-0.05, 0) is 35.6 Å². The van der Waals surface area contributed by atoms with Crippen molar-refractivity contribution in [2.45, 2.75) is 33.1 Å². The molecule has 0 amide bonds. The highest BCUT2D eigenvalue weighted by Crippen LogP contribution is 2.35. The first kappa shape index (κ1) is 13.5. The minimum atomic E-state index is 0.329. The molecule has 0 aliphatic heterocycles. The maximum absolute atomic E-state index is 5.59. The molecule has 102 valence electrons. The van der Waals surface area contributed by atoms with Crippen LogP contribution in [0, 0.1) is 0 Å². The molecule has 0 atom stereocenters. The molecule has 2 rings (SSSR count). The van der Waals surface area contributed by atoms with Gasteiger partial charge in [-0.15, -0.1) is 0 Å². The Hall–Kier alpha value is -1.97. The molecule has 4 heteroatoms. The molecule has 0 radical (unpaired) electrons. The highest BCUT2D eigenvalue weighted by atomic mass is 16.5. The smallest absolute Gasteiger partial charge is 0.222 e. The Morgan fingerprint density at radius 2 is 2.05 bits per heavy atom. The fourth-order valence-electron chi connectivity index (χ4n) is 2.23. The van der Waals surface area contributed by atoms with Crippen molar-refractivity contribution >= 4 is 5.88 Å². The Kier molecular flexibility index (Phi) is 3.79. The van der Waals surface area contributed by atoms with E-state index < -0.39 is 0 Å². The Morgan fingerprint density at radius 3 is 2.53 bits per heavy atom. The van der Waals surface area contributed by atoms with Crippen molar-refractivity contribution in [3.05, 3.63) is 29.3 Å². The average Bonchev–Trinajstić information content (AvgIpc) is 2.83. The first-order valence-electron chi connectivity index (χ1n) is 6.50. The molecule has 0 saturated carbocycles. The van der Waals surface area contributed by atoms with Gasteiger partial charge in [-0.25, -0.2) is 0 Å². The summed E-state index contributed by atoms with van der Waals surface area (Å²) in [6.07, 6.45) is 0.907. The molecule has 0 fully saturated rings. The van der Waals surface area contributed by atoms with Gasteiger partial charge in [0.2, 0.25) is 5.88 Å². The Balaban J connectivity index is 2.60. The molecule has 0 bridgehead atoms. The van der Waals surface area contributed by atoms with Gasteiger partial charge in [0.25, 0.3) is 0 Å². The summed E-state index contributed by atoms with van der Waals surface area (Å²) in [5.74, 6) is 1.68. The van der Waals surface area contributed by atoms with Crippen molar-refractivity contribution in [1.29, 1.82) is 0 Å². The van der Waals surface area contributed by atoms with Crippen LogP contribution in [0.2, 0.25) is 0 Å². The van der Waals surface area contributed by atoms with Crippen molar-refractivity contribution < 1.29 is 9.26 Å². The van der Waals surface area contributed by atoms with Crippen LogP contribution in [0.15, 0.2) is 22.7 Å². The number of rotatable bonds is 4. The van der Waals surface area contributed by atoms with Gasteiger partial charge < -0.3 is 15.0 Å². The summed E-state index contributed by atoms with van der Waals surface area (Å²) >= 11 is 0. The number of nitrogens with zero attached hydrogens (tertiary/aromatic N) is 1. The van der Waals surface area contributed by atoms with Crippen molar-refractivity contribution in [2.24, 2.45) is 0 Å². The zero-order valence-corrected chi connectivity index (χ0v) is 11.9. The molecule has 19 heavy (non-hydrogen) atoms. The molecule has 1 heterocycles. The molecule has 2 N–H and O–H groups in total. The molecule has 0 saturated heterocycles. The normalized spacial score (nSPS) is 11.0. The summed E-state index contributed by atoms with van der Waals surface area (Å²) in [5.41, 5.74) is 9.71. The minimum Gasteiger partial charge on any atom is -0.496 e. The standard InChI is InChI=1S/C15H20N2O2/c1-5-10-6-11(13-8-14(16)19-17-13)7-12(9(2)3)15(10)18-4/h6-9H,5,16H2,1-4H3. The Morgan fingerprint density at radius 1 is 1.32 bits per heavy atom. The topological polar surface area (TPSA) is 61.3 Å². The fraction of sp³-hybridized carbons (Fsp3) is 0.400. The van der Waals surface area contributed by atoms with Gasteiger partial charge >= 0.3 is 0 Å². The first-order chi connectivity index (χ1) is 9.06. The summed E-state index contributed by atoms with van der Waals surface area (Å²) in [4.78, 5) is 0. The Bertz CT molecular complexity index is 574. The largest absolute Gasteiger partial charge is 0.496 e. The highest BCUT2D eigenvalue weighted by molar-refractivity contribution is 5.66. The molecule has 1 aromatic carbocycles. The number of aromatic nitrogens is 1. The first-order valence-corrected chi connectivity index (χ1v) is 6.50. The monoisotopic (exact) mass is 260 g/mol. The third-order valence-corrected chi connectivity index (χ3v) is 3.23. The van der Waals surface area contributed by atoms with E-state index in [1.54, 1.807) is 13.2 Å². The molecule has 0 aliphatic carbocycles. The molecule has 1 aromatic heterocycles. The van der Waals surface area contributed by atoms with E-state index in [2.05, 4.69) is 38.1 Å². The fourth-order valence-corrected chi connectivity index (χ4v) is 2.23. The third-order valence-electron chi connectivity index (χ3n) is 3.23. The number of methoxy groups -OCH3 is 1. The maximum Gasteiger partial charge on any atom is 0.222 e. The van der Waals surface area contributed by atoms with Crippen LogP contribution in [0.4, 0.5) is 5.88 Å². The SMILES string of the molecule is CCc1cc(-c2cc(N)on2)cc(C(C)C)c1OC. The zero-order chi connectivity index (χ0) is 14.0. The van der Waals surface area contributed by atoms with Crippen molar-refractivity contribution in [3.63, 3.8) is 0 Å². The number of benzene rings is 1. The lowest BCUT2D eigenvalue weighted by Crippen LogP contribution is -2.00. The highest BCUT2D eigenvalue weighted by Gasteiger charge is 2.15.